The highest BCUT2D eigenvalue weighted by atomic mass is 16.5. The Hall–Kier alpha value is -1.78. The molecule has 2 rings (SSSR count). The van der Waals surface area contributed by atoms with E-state index in [-0.39, 0.29) is 5.91 Å². The zero-order valence-electron chi connectivity index (χ0n) is 8.83. The Labute approximate surface area is 87.4 Å². The third-order valence-corrected chi connectivity index (χ3v) is 2.19. The lowest BCUT2D eigenvalue weighted by molar-refractivity contribution is -0.129. The maximum Gasteiger partial charge on any atom is 0.269 e. The largest absolute Gasteiger partial charge is 0.481 e. The molecular formula is C10H12N2O3. The molecule has 15 heavy (non-hydrogen) atoms. The summed E-state index contributed by atoms with van der Waals surface area (Å²) in [6.07, 6.45) is 0. The van der Waals surface area contributed by atoms with Crippen LogP contribution in [0.5, 0.6) is 11.6 Å². The molecule has 5 nitrogen and oxygen atoms in total. The maximum atomic E-state index is 11.6. The number of carbonyl (C=O) groups is 1. The van der Waals surface area contributed by atoms with Gasteiger partial charge in [0, 0.05) is 6.07 Å². The van der Waals surface area contributed by atoms with Gasteiger partial charge in [0.25, 0.3) is 5.91 Å². The maximum absolute atomic E-state index is 11.6. The van der Waals surface area contributed by atoms with Crippen LogP contribution in [0.15, 0.2) is 12.1 Å². The molecule has 1 aliphatic heterocycles. The Morgan fingerprint density at radius 3 is 2.87 bits per heavy atom. The van der Waals surface area contributed by atoms with Crippen LogP contribution in [-0.4, -0.2) is 23.6 Å². The fraction of sp³-hybridized carbons (Fsp3) is 0.400. The fourth-order valence-corrected chi connectivity index (χ4v) is 1.29. The number of ether oxygens (including phenoxy) is 2. The topological polar surface area (TPSA) is 60.5 Å². The van der Waals surface area contributed by atoms with Crippen LogP contribution in [0.2, 0.25) is 0 Å². The monoisotopic (exact) mass is 208 g/mol. The van der Waals surface area contributed by atoms with Gasteiger partial charge in [0.1, 0.15) is 0 Å². The third-order valence-electron chi connectivity index (χ3n) is 2.19. The molecule has 0 atom stereocenters. The number of fused-ring (bicyclic) bond motifs is 1. The Morgan fingerprint density at radius 2 is 2.20 bits per heavy atom. The van der Waals surface area contributed by atoms with Gasteiger partial charge in [-0.2, -0.15) is 4.98 Å². The van der Waals surface area contributed by atoms with Crippen molar-refractivity contribution in [3.63, 3.8) is 0 Å². The summed E-state index contributed by atoms with van der Waals surface area (Å²) in [5.74, 6) is 1.19. The van der Waals surface area contributed by atoms with Gasteiger partial charge >= 0.3 is 0 Å². The summed E-state index contributed by atoms with van der Waals surface area (Å²) in [4.78, 5) is 15.6. The van der Waals surface area contributed by atoms with Gasteiger partial charge in [0.05, 0.1) is 7.11 Å². The van der Waals surface area contributed by atoms with Gasteiger partial charge in [-0.25, -0.2) is 0 Å². The van der Waals surface area contributed by atoms with Crippen molar-refractivity contribution >= 4 is 11.7 Å². The number of aromatic nitrogens is 1. The molecule has 0 spiro atoms. The number of rotatable bonds is 1. The van der Waals surface area contributed by atoms with Gasteiger partial charge in [0.15, 0.2) is 17.2 Å². The van der Waals surface area contributed by atoms with Gasteiger partial charge in [-0.15, -0.1) is 0 Å². The van der Waals surface area contributed by atoms with E-state index >= 15 is 0 Å². The van der Waals surface area contributed by atoms with Crippen molar-refractivity contribution in [3.05, 3.63) is 12.1 Å². The summed E-state index contributed by atoms with van der Waals surface area (Å²) in [6, 6.07) is 3.41. The first-order chi connectivity index (χ1) is 7.03. The van der Waals surface area contributed by atoms with E-state index in [2.05, 4.69) is 10.3 Å². The number of anilines is 1. The van der Waals surface area contributed by atoms with Crippen LogP contribution in [0.1, 0.15) is 13.8 Å². The highest BCUT2D eigenvalue weighted by Crippen LogP contribution is 2.33. The minimum absolute atomic E-state index is 0.212. The highest BCUT2D eigenvalue weighted by Gasteiger charge is 2.36. The number of nitrogens with zero attached hydrogens (tertiary/aromatic N) is 1. The zero-order chi connectivity index (χ0) is 11.1. The van der Waals surface area contributed by atoms with Gasteiger partial charge in [-0.1, -0.05) is 0 Å². The number of pyridine rings is 1. The van der Waals surface area contributed by atoms with Crippen molar-refractivity contribution in [2.24, 2.45) is 0 Å². The van der Waals surface area contributed by atoms with E-state index < -0.39 is 5.60 Å². The number of hydrogen-bond donors (Lipinski definition) is 1. The molecule has 1 N–H and O–H groups in total. The lowest BCUT2D eigenvalue weighted by Crippen LogP contribution is -2.45. The summed E-state index contributed by atoms with van der Waals surface area (Å²) < 4.78 is 10.5. The van der Waals surface area contributed by atoms with Gasteiger partial charge in [-0.05, 0) is 19.9 Å². The Kier molecular flexibility index (Phi) is 2.03. The Bertz CT molecular complexity index is 415. The molecule has 1 amide bonds. The van der Waals surface area contributed by atoms with Gasteiger partial charge in [-0.3, -0.25) is 4.79 Å². The number of hydrogen-bond acceptors (Lipinski definition) is 4. The SMILES string of the molecule is COc1ccc2c(n1)NC(=O)C(C)(C)O2. The summed E-state index contributed by atoms with van der Waals surface area (Å²) in [6.45, 7) is 3.41. The minimum atomic E-state index is -0.858. The first-order valence-electron chi connectivity index (χ1n) is 4.58. The molecular weight excluding hydrogens is 196 g/mol. The summed E-state index contributed by atoms with van der Waals surface area (Å²) in [5, 5.41) is 2.67. The van der Waals surface area contributed by atoms with Crippen molar-refractivity contribution in [2.75, 3.05) is 12.4 Å². The van der Waals surface area contributed by atoms with Crippen LogP contribution in [0.3, 0.4) is 0 Å². The average Bonchev–Trinajstić information content (AvgIpc) is 2.19. The quantitative estimate of drug-likeness (QED) is 0.753. The van der Waals surface area contributed by atoms with Crippen LogP contribution in [-0.2, 0) is 4.79 Å². The van der Waals surface area contributed by atoms with Crippen molar-refractivity contribution < 1.29 is 14.3 Å². The molecule has 1 aliphatic rings. The Balaban J connectivity index is 2.41. The molecule has 0 aromatic carbocycles. The standard InChI is InChI=1S/C10H12N2O3/c1-10(2)9(13)12-8-6(15-10)4-5-7(11-8)14-3/h4-5H,1-3H3,(H,11,12,13). The van der Waals surface area contributed by atoms with E-state index in [1.807, 2.05) is 0 Å². The van der Waals surface area contributed by atoms with E-state index in [1.54, 1.807) is 26.0 Å². The molecule has 0 aliphatic carbocycles. The Morgan fingerprint density at radius 1 is 1.47 bits per heavy atom. The first kappa shape index (κ1) is 9.76. The number of amides is 1. The van der Waals surface area contributed by atoms with Crippen LogP contribution < -0.4 is 14.8 Å². The van der Waals surface area contributed by atoms with E-state index in [0.717, 1.165) is 0 Å². The third kappa shape index (κ3) is 1.60. The normalized spacial score (nSPS) is 17.4. The van der Waals surface area contributed by atoms with Gasteiger partial charge in [0.2, 0.25) is 5.88 Å². The van der Waals surface area contributed by atoms with Crippen LogP contribution >= 0.6 is 0 Å². The van der Waals surface area contributed by atoms with E-state index in [1.165, 1.54) is 7.11 Å². The molecule has 0 bridgehead atoms. The molecule has 0 saturated carbocycles. The van der Waals surface area contributed by atoms with Crippen LogP contribution in [0, 0.1) is 0 Å². The minimum Gasteiger partial charge on any atom is -0.481 e. The smallest absolute Gasteiger partial charge is 0.269 e. The van der Waals surface area contributed by atoms with Crippen molar-refractivity contribution in [3.8, 4) is 11.6 Å². The predicted molar refractivity (Wildman–Crippen MR) is 54.1 cm³/mol. The second kappa shape index (κ2) is 3.12. The zero-order valence-corrected chi connectivity index (χ0v) is 8.83. The molecule has 0 fully saturated rings. The molecule has 2 heterocycles. The number of carbonyl (C=O) groups excluding carboxylic acids is 1. The van der Waals surface area contributed by atoms with Crippen LogP contribution in [0.4, 0.5) is 5.82 Å². The molecule has 1 aromatic heterocycles. The summed E-state index contributed by atoms with van der Waals surface area (Å²) in [7, 11) is 1.52. The molecule has 80 valence electrons. The highest BCUT2D eigenvalue weighted by molar-refractivity contribution is 5.99. The molecule has 1 aromatic rings. The van der Waals surface area contributed by atoms with E-state index in [0.29, 0.717) is 17.4 Å². The first-order valence-corrected chi connectivity index (χ1v) is 4.58. The molecule has 0 saturated heterocycles. The second-order valence-corrected chi connectivity index (χ2v) is 3.77. The van der Waals surface area contributed by atoms with Crippen molar-refractivity contribution in [1.82, 2.24) is 4.98 Å². The number of nitrogens with one attached hydrogen (secondary N) is 1. The van der Waals surface area contributed by atoms with Crippen LogP contribution in [0.25, 0.3) is 0 Å². The predicted octanol–water partition coefficient (Wildman–Crippen LogP) is 1.20. The molecule has 0 unspecified atom stereocenters. The lowest BCUT2D eigenvalue weighted by Gasteiger charge is -2.30. The van der Waals surface area contributed by atoms with E-state index in [4.69, 9.17) is 9.47 Å². The number of methoxy groups -OCH3 is 1. The molecule has 0 radical (unpaired) electrons. The van der Waals surface area contributed by atoms with Gasteiger partial charge < -0.3 is 14.8 Å². The lowest BCUT2D eigenvalue weighted by atomic mass is 10.1. The van der Waals surface area contributed by atoms with Crippen molar-refractivity contribution in [1.29, 1.82) is 0 Å². The summed E-state index contributed by atoms with van der Waals surface area (Å²) >= 11 is 0. The second-order valence-electron chi connectivity index (χ2n) is 3.77. The van der Waals surface area contributed by atoms with E-state index in [9.17, 15) is 4.79 Å². The summed E-state index contributed by atoms with van der Waals surface area (Å²) in [5.41, 5.74) is -0.858. The average molecular weight is 208 g/mol. The fourth-order valence-electron chi connectivity index (χ4n) is 1.29. The van der Waals surface area contributed by atoms with Crippen molar-refractivity contribution in [2.45, 2.75) is 19.4 Å². The molecule has 5 heteroatoms.